The Balaban J connectivity index is 1.61. The van der Waals surface area contributed by atoms with Gasteiger partial charge in [-0.25, -0.2) is 4.79 Å². The van der Waals surface area contributed by atoms with Crippen molar-refractivity contribution in [2.45, 2.75) is 44.7 Å². The van der Waals surface area contributed by atoms with Crippen molar-refractivity contribution in [3.63, 3.8) is 0 Å². The van der Waals surface area contributed by atoms with Gasteiger partial charge in [-0.3, -0.25) is 4.98 Å². The molecule has 1 heterocycles. The lowest BCUT2D eigenvalue weighted by atomic mass is 9.96. The van der Waals surface area contributed by atoms with Gasteiger partial charge in [-0.2, -0.15) is 0 Å². The minimum Gasteiger partial charge on any atom is -0.335 e. The third-order valence-electron chi connectivity index (χ3n) is 4.35. The predicted octanol–water partition coefficient (Wildman–Crippen LogP) is 3.71. The second-order valence-electron chi connectivity index (χ2n) is 6.18. The fourth-order valence-electron chi connectivity index (χ4n) is 3.08. The van der Waals surface area contributed by atoms with Crippen LogP contribution < -0.4 is 5.32 Å². The van der Waals surface area contributed by atoms with E-state index in [2.05, 4.69) is 16.4 Å². The molecule has 1 fully saturated rings. The van der Waals surface area contributed by atoms with E-state index in [1.807, 2.05) is 37.5 Å². The number of nitrogens with zero attached hydrogens (tertiary/aromatic N) is 2. The average Bonchev–Trinajstić information content (AvgIpc) is 2.55. The molecular formula is C18H23N3O. The maximum absolute atomic E-state index is 12.3. The first-order valence-corrected chi connectivity index (χ1v) is 8.08. The minimum atomic E-state index is 0.0139. The zero-order valence-corrected chi connectivity index (χ0v) is 13.1. The lowest BCUT2D eigenvalue weighted by Crippen LogP contribution is -2.43. The zero-order valence-electron chi connectivity index (χ0n) is 13.1. The van der Waals surface area contributed by atoms with Gasteiger partial charge in [-0.15, -0.1) is 0 Å². The Morgan fingerprint density at radius 1 is 1.27 bits per heavy atom. The van der Waals surface area contributed by atoms with E-state index in [0.29, 0.717) is 12.6 Å². The van der Waals surface area contributed by atoms with Crippen molar-refractivity contribution in [1.29, 1.82) is 0 Å². The summed E-state index contributed by atoms with van der Waals surface area (Å²) in [7, 11) is 1.84. The summed E-state index contributed by atoms with van der Waals surface area (Å²) in [5.74, 6) is 0. The van der Waals surface area contributed by atoms with Crippen molar-refractivity contribution in [2.24, 2.45) is 0 Å². The molecule has 4 heteroatoms. The van der Waals surface area contributed by atoms with E-state index in [4.69, 9.17) is 0 Å². The van der Waals surface area contributed by atoms with Gasteiger partial charge in [0.1, 0.15) is 0 Å². The molecule has 2 amide bonds. The van der Waals surface area contributed by atoms with Gasteiger partial charge in [0.05, 0.1) is 5.52 Å². The number of benzene rings is 1. The molecule has 1 saturated carbocycles. The number of carbonyl (C=O) groups is 1. The van der Waals surface area contributed by atoms with Gasteiger partial charge in [-0.05, 0) is 30.5 Å². The molecule has 0 bridgehead atoms. The molecule has 3 rings (SSSR count). The number of hydrogen-bond donors (Lipinski definition) is 1. The molecule has 116 valence electrons. The maximum atomic E-state index is 12.3. The first-order valence-electron chi connectivity index (χ1n) is 8.08. The highest BCUT2D eigenvalue weighted by atomic mass is 16.2. The number of pyridine rings is 1. The number of carbonyl (C=O) groups excluding carboxylic acids is 1. The fraction of sp³-hybridized carbons (Fsp3) is 0.444. The first kappa shape index (κ1) is 14.8. The van der Waals surface area contributed by atoms with Crippen molar-refractivity contribution in [2.75, 3.05) is 7.05 Å². The smallest absolute Gasteiger partial charge is 0.317 e. The van der Waals surface area contributed by atoms with Crippen LogP contribution in [0.5, 0.6) is 0 Å². The molecule has 0 spiro atoms. The highest BCUT2D eigenvalue weighted by molar-refractivity contribution is 5.79. The highest BCUT2D eigenvalue weighted by Crippen LogP contribution is 2.18. The number of fused-ring (bicyclic) bond motifs is 1. The Morgan fingerprint density at radius 2 is 2.05 bits per heavy atom. The fourth-order valence-corrected chi connectivity index (χ4v) is 3.08. The number of hydrogen-bond acceptors (Lipinski definition) is 2. The summed E-state index contributed by atoms with van der Waals surface area (Å²) in [6.45, 7) is 0.580. The van der Waals surface area contributed by atoms with Crippen LogP contribution in [-0.2, 0) is 6.54 Å². The summed E-state index contributed by atoms with van der Waals surface area (Å²) in [5.41, 5.74) is 2.04. The second-order valence-corrected chi connectivity index (χ2v) is 6.18. The van der Waals surface area contributed by atoms with E-state index in [-0.39, 0.29) is 6.03 Å². The number of rotatable bonds is 3. The van der Waals surface area contributed by atoms with Gasteiger partial charge < -0.3 is 10.2 Å². The van der Waals surface area contributed by atoms with Gasteiger partial charge in [0.15, 0.2) is 0 Å². The number of nitrogens with one attached hydrogen (secondary N) is 1. The Hall–Kier alpha value is -2.10. The number of amides is 2. The molecule has 1 aromatic carbocycles. The molecule has 0 saturated heterocycles. The van der Waals surface area contributed by atoms with Crippen LogP contribution in [0.3, 0.4) is 0 Å². The molecular weight excluding hydrogens is 274 g/mol. The Morgan fingerprint density at radius 3 is 2.86 bits per heavy atom. The molecule has 0 radical (unpaired) electrons. The van der Waals surface area contributed by atoms with Gasteiger partial charge in [0.2, 0.25) is 0 Å². The van der Waals surface area contributed by atoms with Gasteiger partial charge >= 0.3 is 6.03 Å². The summed E-state index contributed by atoms with van der Waals surface area (Å²) in [4.78, 5) is 18.5. The molecule has 1 aliphatic rings. The molecule has 22 heavy (non-hydrogen) atoms. The molecule has 0 aliphatic heterocycles. The molecule has 2 aromatic rings. The van der Waals surface area contributed by atoms with Crippen LogP contribution in [0.25, 0.3) is 10.9 Å². The first-order chi connectivity index (χ1) is 10.7. The Bertz CT molecular complexity index is 650. The highest BCUT2D eigenvalue weighted by Gasteiger charge is 2.18. The van der Waals surface area contributed by atoms with E-state index in [0.717, 1.165) is 29.3 Å². The number of urea groups is 1. The molecule has 1 aromatic heterocycles. The van der Waals surface area contributed by atoms with Crippen LogP contribution in [0.1, 0.15) is 37.7 Å². The Kier molecular flexibility index (Phi) is 4.56. The minimum absolute atomic E-state index is 0.0139. The molecule has 4 nitrogen and oxygen atoms in total. The van der Waals surface area contributed by atoms with Crippen LogP contribution in [0.4, 0.5) is 4.79 Å². The van der Waals surface area contributed by atoms with Crippen molar-refractivity contribution in [3.8, 4) is 0 Å². The van der Waals surface area contributed by atoms with Crippen LogP contribution in [-0.4, -0.2) is 29.0 Å². The molecule has 0 atom stereocenters. The van der Waals surface area contributed by atoms with E-state index in [1.54, 1.807) is 4.90 Å². The van der Waals surface area contributed by atoms with E-state index < -0.39 is 0 Å². The van der Waals surface area contributed by atoms with Crippen LogP contribution in [0.2, 0.25) is 0 Å². The Labute approximate surface area is 131 Å². The largest absolute Gasteiger partial charge is 0.335 e. The standard InChI is InChI=1S/C18H23N3O/c1-21(18(22)20-16-8-3-2-4-9-16)13-14-11-15-7-5-6-10-17(15)19-12-14/h5-7,10-12,16H,2-4,8-9,13H2,1H3,(H,20,22). The summed E-state index contributed by atoms with van der Waals surface area (Å²) in [6.07, 6.45) is 7.82. The van der Waals surface area contributed by atoms with Crippen molar-refractivity contribution < 1.29 is 4.79 Å². The summed E-state index contributed by atoms with van der Waals surface area (Å²) >= 11 is 0. The van der Waals surface area contributed by atoms with Crippen molar-refractivity contribution >= 4 is 16.9 Å². The molecule has 1 aliphatic carbocycles. The van der Waals surface area contributed by atoms with Gasteiger partial charge in [0, 0.05) is 31.2 Å². The lowest BCUT2D eigenvalue weighted by Gasteiger charge is -2.26. The summed E-state index contributed by atoms with van der Waals surface area (Å²) in [6, 6.07) is 10.5. The third-order valence-corrected chi connectivity index (χ3v) is 4.35. The van der Waals surface area contributed by atoms with Crippen molar-refractivity contribution in [1.82, 2.24) is 15.2 Å². The summed E-state index contributed by atoms with van der Waals surface area (Å²) in [5, 5.41) is 4.25. The number of para-hydroxylation sites is 1. The van der Waals surface area contributed by atoms with Crippen molar-refractivity contribution in [3.05, 3.63) is 42.1 Å². The number of aromatic nitrogens is 1. The zero-order chi connectivity index (χ0) is 15.4. The summed E-state index contributed by atoms with van der Waals surface area (Å²) < 4.78 is 0. The maximum Gasteiger partial charge on any atom is 0.317 e. The predicted molar refractivity (Wildman–Crippen MR) is 88.6 cm³/mol. The lowest BCUT2D eigenvalue weighted by molar-refractivity contribution is 0.198. The second kappa shape index (κ2) is 6.77. The van der Waals surface area contributed by atoms with E-state index in [9.17, 15) is 4.79 Å². The SMILES string of the molecule is CN(Cc1cnc2ccccc2c1)C(=O)NC1CCCCC1. The van der Waals surface area contributed by atoms with E-state index in [1.165, 1.54) is 19.3 Å². The van der Waals surface area contributed by atoms with Crippen LogP contribution >= 0.6 is 0 Å². The van der Waals surface area contributed by atoms with Gasteiger partial charge in [-0.1, -0.05) is 37.5 Å². The van der Waals surface area contributed by atoms with E-state index >= 15 is 0 Å². The normalized spacial score (nSPS) is 15.7. The van der Waals surface area contributed by atoms with Crippen LogP contribution in [0.15, 0.2) is 36.5 Å². The topological polar surface area (TPSA) is 45.2 Å². The van der Waals surface area contributed by atoms with Crippen LogP contribution in [0, 0.1) is 0 Å². The molecule has 1 N–H and O–H groups in total. The average molecular weight is 297 g/mol. The monoisotopic (exact) mass is 297 g/mol. The quantitative estimate of drug-likeness (QED) is 0.938. The third kappa shape index (κ3) is 3.56. The van der Waals surface area contributed by atoms with Gasteiger partial charge in [0.25, 0.3) is 0 Å². The molecule has 0 unspecified atom stereocenters.